The Kier molecular flexibility index (Phi) is 6.09. The number of nitrogens with one attached hydrogen (secondary N) is 1. The molecule has 1 aromatic carbocycles. The summed E-state index contributed by atoms with van der Waals surface area (Å²) in [6, 6.07) is 9.56. The van der Waals surface area contributed by atoms with Crippen LogP contribution in [-0.2, 0) is 0 Å². The van der Waals surface area contributed by atoms with Gasteiger partial charge in [0.25, 0.3) is 5.92 Å². The third-order valence-electron chi connectivity index (χ3n) is 5.52. The van der Waals surface area contributed by atoms with E-state index in [-0.39, 0.29) is 19.5 Å². The van der Waals surface area contributed by atoms with E-state index in [1.54, 1.807) is 29.3 Å². The standard InChI is InChI=1S/C23H25ClF2N6S/c1-14(30-16-7-9-29-20(12-16)33(2,3)28)17-11-15-5-4-6-18(24)21(15)31-22(17)32-10-8-23(25,26)19(27)13-32/h4-7,9,11-12,19H,1-3,8,10,13,27-28H2,(H,29,30). The van der Waals surface area contributed by atoms with Crippen LogP contribution in [0.1, 0.15) is 12.0 Å². The molecule has 0 saturated carbocycles. The molecule has 0 bridgehead atoms. The predicted octanol–water partition coefficient (Wildman–Crippen LogP) is 4.44. The summed E-state index contributed by atoms with van der Waals surface area (Å²) in [5.41, 5.74) is 8.22. The highest BCUT2D eigenvalue weighted by Crippen LogP contribution is 2.36. The first-order chi connectivity index (χ1) is 15.5. The summed E-state index contributed by atoms with van der Waals surface area (Å²) in [4.78, 5) is 10.8. The van der Waals surface area contributed by atoms with Crippen molar-refractivity contribution in [2.24, 2.45) is 10.9 Å². The molecule has 1 aliphatic rings. The van der Waals surface area contributed by atoms with Crippen LogP contribution < -0.4 is 21.1 Å². The van der Waals surface area contributed by atoms with Gasteiger partial charge >= 0.3 is 0 Å². The number of hydrogen-bond acceptors (Lipinski definition) is 6. The molecule has 1 aliphatic heterocycles. The Morgan fingerprint density at radius 3 is 2.73 bits per heavy atom. The number of nitrogens with zero attached hydrogens (tertiary/aromatic N) is 3. The maximum Gasteiger partial charge on any atom is 0.266 e. The Morgan fingerprint density at radius 1 is 1.27 bits per heavy atom. The van der Waals surface area contributed by atoms with Gasteiger partial charge in [-0.05, 0) is 24.3 Å². The first-order valence-electron chi connectivity index (χ1n) is 10.1. The van der Waals surface area contributed by atoms with Gasteiger partial charge in [-0.1, -0.05) is 42.1 Å². The normalized spacial score (nSPS) is 18.3. The fourth-order valence-corrected chi connectivity index (χ4v) is 4.55. The van der Waals surface area contributed by atoms with Crippen LogP contribution in [0.4, 0.5) is 20.3 Å². The number of para-hydroxylation sites is 1. The summed E-state index contributed by atoms with van der Waals surface area (Å²) in [6.45, 7) is 4.24. The number of benzene rings is 1. The number of aromatic nitrogens is 2. The second-order valence-electron chi connectivity index (χ2n) is 8.16. The largest absolute Gasteiger partial charge is 0.355 e. The summed E-state index contributed by atoms with van der Waals surface area (Å²) < 4.78 is 28.1. The van der Waals surface area contributed by atoms with Crippen molar-refractivity contribution in [3.8, 4) is 0 Å². The van der Waals surface area contributed by atoms with E-state index < -0.39 is 21.4 Å². The van der Waals surface area contributed by atoms with Crippen LogP contribution in [0.15, 0.2) is 54.2 Å². The Balaban J connectivity index is 1.76. The molecule has 5 N–H and O–H groups in total. The number of hydrogen-bond donors (Lipinski definition) is 3. The van der Waals surface area contributed by atoms with Crippen molar-refractivity contribution in [2.75, 3.05) is 23.3 Å². The Morgan fingerprint density at radius 2 is 2.03 bits per heavy atom. The van der Waals surface area contributed by atoms with Crippen molar-refractivity contribution in [2.45, 2.75) is 23.4 Å². The van der Waals surface area contributed by atoms with Gasteiger partial charge in [0.1, 0.15) is 5.82 Å². The zero-order chi connectivity index (χ0) is 24.0. The molecule has 1 saturated heterocycles. The Hall–Kier alpha value is -2.72. The van der Waals surface area contributed by atoms with Crippen LogP contribution >= 0.6 is 21.0 Å². The maximum atomic E-state index is 14.0. The molecule has 0 amide bonds. The topological polar surface area (TPSA) is 93.1 Å². The molecule has 33 heavy (non-hydrogen) atoms. The maximum absolute atomic E-state index is 14.0. The molecule has 1 fully saturated rings. The lowest BCUT2D eigenvalue weighted by molar-refractivity contribution is -0.0394. The Bertz CT molecular complexity index is 1340. The number of pyridine rings is 2. The quantitative estimate of drug-likeness (QED) is 0.458. The predicted molar refractivity (Wildman–Crippen MR) is 138 cm³/mol. The molecule has 1 unspecified atom stereocenters. The summed E-state index contributed by atoms with van der Waals surface area (Å²) >= 11 is 6.37. The molecule has 4 rings (SSSR count). The minimum absolute atomic E-state index is 0.0439. The van der Waals surface area contributed by atoms with Crippen molar-refractivity contribution in [1.29, 1.82) is 0 Å². The molecule has 0 radical (unpaired) electrons. The number of alkyl halides is 2. The van der Waals surface area contributed by atoms with Gasteiger partial charge < -0.3 is 16.0 Å². The number of fused-ring (bicyclic) bond motifs is 1. The van der Waals surface area contributed by atoms with Crippen molar-refractivity contribution in [1.82, 2.24) is 9.97 Å². The van der Waals surface area contributed by atoms with Gasteiger partial charge in [-0.15, -0.1) is 9.39 Å². The molecule has 174 valence electrons. The van der Waals surface area contributed by atoms with Gasteiger partial charge in [0.2, 0.25) is 0 Å². The third kappa shape index (κ3) is 4.81. The lowest BCUT2D eigenvalue weighted by Crippen LogP contribution is -2.55. The summed E-state index contributed by atoms with van der Waals surface area (Å²) in [7, 11) is -2.00. The Labute approximate surface area is 196 Å². The van der Waals surface area contributed by atoms with Gasteiger partial charge in [0.15, 0.2) is 0 Å². The first-order valence-corrected chi connectivity index (χ1v) is 12.5. The van der Waals surface area contributed by atoms with E-state index in [0.717, 1.165) is 5.39 Å². The molecule has 2 aromatic heterocycles. The second kappa shape index (κ2) is 8.57. The molecule has 10 heteroatoms. The molecular weight excluding hydrogens is 466 g/mol. The number of rotatable bonds is 5. The van der Waals surface area contributed by atoms with E-state index in [4.69, 9.17) is 27.5 Å². The molecular formula is C23H25ClF2N6S. The van der Waals surface area contributed by atoms with Gasteiger partial charge in [0, 0.05) is 48.0 Å². The van der Waals surface area contributed by atoms with Crippen molar-refractivity contribution in [3.05, 3.63) is 59.8 Å². The van der Waals surface area contributed by atoms with Crippen molar-refractivity contribution >= 4 is 60.8 Å². The monoisotopic (exact) mass is 490 g/mol. The van der Waals surface area contributed by atoms with Crippen LogP contribution in [0, 0.1) is 0 Å². The van der Waals surface area contributed by atoms with E-state index >= 15 is 0 Å². The van der Waals surface area contributed by atoms with Gasteiger partial charge in [-0.25, -0.2) is 18.7 Å². The third-order valence-corrected chi connectivity index (χ3v) is 6.88. The second-order valence-corrected chi connectivity index (χ2v) is 10.9. The fourth-order valence-electron chi connectivity index (χ4n) is 3.69. The summed E-state index contributed by atoms with van der Waals surface area (Å²) in [5.74, 6) is 5.35. The highest BCUT2D eigenvalue weighted by Gasteiger charge is 2.42. The fraction of sp³-hybridized carbons (Fsp3) is 0.217. The minimum Gasteiger partial charge on any atom is -0.355 e. The molecule has 0 aliphatic carbocycles. The number of anilines is 2. The first kappa shape index (κ1) is 23.4. The average Bonchev–Trinajstić information content (AvgIpc) is 2.75. The molecule has 1 atom stereocenters. The minimum atomic E-state index is -2.92. The van der Waals surface area contributed by atoms with Crippen LogP contribution in [0.3, 0.4) is 0 Å². The lowest BCUT2D eigenvalue weighted by atomic mass is 10.0. The number of piperidine rings is 1. The van der Waals surface area contributed by atoms with Crippen LogP contribution in [-0.4, -0.2) is 46.8 Å². The highest BCUT2D eigenvalue weighted by atomic mass is 35.5. The number of nitrogens with two attached hydrogens (primary N) is 2. The molecule has 3 heterocycles. The van der Waals surface area contributed by atoms with Gasteiger partial charge in [-0.2, -0.15) is 0 Å². The van der Waals surface area contributed by atoms with E-state index in [1.165, 1.54) is 0 Å². The average molecular weight is 491 g/mol. The lowest BCUT2D eigenvalue weighted by Gasteiger charge is -2.38. The van der Waals surface area contributed by atoms with E-state index in [2.05, 4.69) is 28.6 Å². The van der Waals surface area contributed by atoms with Gasteiger partial charge in [0.05, 0.1) is 21.6 Å². The summed E-state index contributed by atoms with van der Waals surface area (Å²) in [6.07, 6.45) is 1.25. The molecule has 3 aromatic rings. The van der Waals surface area contributed by atoms with Gasteiger partial charge in [-0.3, -0.25) is 5.14 Å². The zero-order valence-corrected chi connectivity index (χ0v) is 19.5. The smallest absolute Gasteiger partial charge is 0.266 e. The van der Waals surface area contributed by atoms with E-state index in [9.17, 15) is 8.78 Å². The molecule has 0 spiro atoms. The SMILES string of the molecule is C=C(Nc1ccnc(S(=C)(=C)N)c1)c1cc2cccc(Cl)c2nc1N1CCC(F)(F)C(N)C1. The molecule has 6 nitrogen and oxygen atoms in total. The zero-order valence-electron chi connectivity index (χ0n) is 17.9. The van der Waals surface area contributed by atoms with E-state index in [0.29, 0.717) is 38.3 Å². The van der Waals surface area contributed by atoms with Crippen molar-refractivity contribution < 1.29 is 8.78 Å². The van der Waals surface area contributed by atoms with Crippen LogP contribution in [0.2, 0.25) is 5.02 Å². The van der Waals surface area contributed by atoms with Crippen molar-refractivity contribution in [3.63, 3.8) is 0 Å². The van der Waals surface area contributed by atoms with Crippen LogP contribution in [0.5, 0.6) is 0 Å². The highest BCUT2D eigenvalue weighted by molar-refractivity contribution is 8.25. The van der Waals surface area contributed by atoms with E-state index in [1.807, 2.05) is 18.2 Å². The van der Waals surface area contributed by atoms with Crippen LogP contribution in [0.25, 0.3) is 16.6 Å². The summed E-state index contributed by atoms with van der Waals surface area (Å²) in [5, 5.41) is 11.1. The number of halogens is 3.